The van der Waals surface area contributed by atoms with Gasteiger partial charge in [-0.15, -0.1) is 22.0 Å². The molecule has 0 aromatic heterocycles. The van der Waals surface area contributed by atoms with Gasteiger partial charge in [0, 0.05) is 9.92 Å². The van der Waals surface area contributed by atoms with Gasteiger partial charge in [0.05, 0.1) is 10.7 Å². The highest BCUT2D eigenvalue weighted by Gasteiger charge is 2.06. The zero-order valence-corrected chi connectivity index (χ0v) is 13.8. The Labute approximate surface area is 133 Å². The lowest BCUT2D eigenvalue weighted by molar-refractivity contribution is 1.16. The largest absolute Gasteiger partial charge is 0.149 e. The molecule has 0 radical (unpaired) electrons. The molecule has 0 amide bonds. The number of aryl methyl sites for hydroxylation is 2. The van der Waals surface area contributed by atoms with Crippen LogP contribution in [0.1, 0.15) is 11.1 Å². The highest BCUT2D eigenvalue weighted by Crippen LogP contribution is 2.35. The van der Waals surface area contributed by atoms with E-state index in [-0.39, 0.29) is 0 Å². The van der Waals surface area contributed by atoms with Crippen LogP contribution >= 0.6 is 35.0 Å². The second kappa shape index (κ2) is 6.61. The van der Waals surface area contributed by atoms with Gasteiger partial charge in [-0.3, -0.25) is 0 Å². The summed E-state index contributed by atoms with van der Waals surface area (Å²) in [5.74, 6) is 0. The lowest BCUT2D eigenvalue weighted by atomic mass is 10.1. The summed E-state index contributed by atoms with van der Waals surface area (Å²) in [6.45, 7) is 4.12. The minimum atomic E-state index is 0.497. The molecule has 2 rings (SSSR count). The topological polar surface area (TPSA) is 24.7 Å². The molecule has 0 aliphatic carbocycles. The van der Waals surface area contributed by atoms with E-state index >= 15 is 0 Å². The van der Waals surface area contributed by atoms with Gasteiger partial charge in [-0.2, -0.15) is 0 Å². The summed E-state index contributed by atoms with van der Waals surface area (Å²) in [5.41, 5.74) is 3.84. The zero-order chi connectivity index (χ0) is 14.7. The minimum absolute atomic E-state index is 0.497. The number of hydrogen-bond acceptors (Lipinski definition) is 3. The van der Waals surface area contributed by atoms with Crippen LogP contribution in [-0.2, 0) is 0 Å². The molecule has 0 aliphatic heterocycles. The summed E-state index contributed by atoms with van der Waals surface area (Å²) in [5, 5.41) is 9.65. The molecule has 0 aliphatic rings. The van der Waals surface area contributed by atoms with Gasteiger partial charge in [0.2, 0.25) is 0 Å². The van der Waals surface area contributed by atoms with Crippen LogP contribution in [0.2, 0.25) is 10.0 Å². The molecule has 5 heteroatoms. The Morgan fingerprint density at radius 1 is 0.950 bits per heavy atom. The van der Waals surface area contributed by atoms with Crippen molar-refractivity contribution < 1.29 is 0 Å². The maximum atomic E-state index is 6.09. The number of hydrogen-bond donors (Lipinski definition) is 0. The average molecular weight is 325 g/mol. The van der Waals surface area contributed by atoms with Crippen molar-refractivity contribution >= 4 is 46.3 Å². The van der Waals surface area contributed by atoms with Gasteiger partial charge < -0.3 is 0 Å². The van der Waals surface area contributed by atoms with E-state index in [9.17, 15) is 0 Å². The molecule has 20 heavy (non-hydrogen) atoms. The summed E-state index contributed by atoms with van der Waals surface area (Å²) in [6.07, 6.45) is 2.03. The maximum Gasteiger partial charge on any atom is 0.104 e. The molecular weight excluding hydrogens is 311 g/mol. The van der Waals surface area contributed by atoms with Crippen LogP contribution in [0.15, 0.2) is 45.5 Å². The number of halogens is 2. The van der Waals surface area contributed by atoms with Crippen LogP contribution in [0.25, 0.3) is 0 Å². The Balaban J connectivity index is 2.41. The number of thioether (sulfide) groups is 1. The van der Waals surface area contributed by atoms with Crippen molar-refractivity contribution in [2.24, 2.45) is 10.2 Å². The third-order valence-corrected chi connectivity index (χ3v) is 4.26. The van der Waals surface area contributed by atoms with E-state index < -0.39 is 0 Å². The number of rotatable bonds is 3. The van der Waals surface area contributed by atoms with Crippen molar-refractivity contribution in [3.63, 3.8) is 0 Å². The summed E-state index contributed by atoms with van der Waals surface area (Å²) in [4.78, 5) is 1.13. The molecule has 2 nitrogen and oxygen atoms in total. The number of azo groups is 1. The molecule has 0 unspecified atom stereocenters. The van der Waals surface area contributed by atoms with E-state index in [2.05, 4.69) is 23.2 Å². The molecular formula is C15H14Cl2N2S. The van der Waals surface area contributed by atoms with Crippen LogP contribution in [0.3, 0.4) is 0 Å². The Morgan fingerprint density at radius 2 is 1.65 bits per heavy atom. The summed E-state index contributed by atoms with van der Waals surface area (Å²) < 4.78 is 0. The predicted molar refractivity (Wildman–Crippen MR) is 88.3 cm³/mol. The highest BCUT2D eigenvalue weighted by atomic mass is 35.5. The lowest BCUT2D eigenvalue weighted by Crippen LogP contribution is -1.82. The van der Waals surface area contributed by atoms with Crippen molar-refractivity contribution in [1.82, 2.24) is 0 Å². The average Bonchev–Trinajstić information content (AvgIpc) is 2.37. The molecule has 0 spiro atoms. The molecule has 0 heterocycles. The second-order valence-electron chi connectivity index (χ2n) is 4.43. The maximum absolute atomic E-state index is 6.09. The van der Waals surface area contributed by atoms with Crippen molar-refractivity contribution in [2.75, 3.05) is 6.26 Å². The monoisotopic (exact) mass is 324 g/mol. The quantitative estimate of drug-likeness (QED) is 0.452. The van der Waals surface area contributed by atoms with E-state index in [1.54, 1.807) is 30.0 Å². The summed E-state index contributed by atoms with van der Waals surface area (Å²) in [7, 11) is 0. The van der Waals surface area contributed by atoms with E-state index in [4.69, 9.17) is 23.2 Å². The van der Waals surface area contributed by atoms with Gasteiger partial charge in [0.1, 0.15) is 5.69 Å². The first-order valence-corrected chi connectivity index (χ1v) is 8.01. The first-order valence-electron chi connectivity index (χ1n) is 6.03. The van der Waals surface area contributed by atoms with Gasteiger partial charge in [-0.05, 0) is 55.5 Å². The molecule has 0 saturated heterocycles. The molecule has 104 valence electrons. The Bertz CT molecular complexity index is 669. The van der Waals surface area contributed by atoms with Gasteiger partial charge in [0.15, 0.2) is 0 Å². The molecule has 0 saturated carbocycles. The van der Waals surface area contributed by atoms with Crippen LogP contribution < -0.4 is 0 Å². The molecule has 0 fully saturated rings. The Kier molecular flexibility index (Phi) is 5.08. The highest BCUT2D eigenvalue weighted by molar-refractivity contribution is 7.98. The van der Waals surface area contributed by atoms with Crippen LogP contribution in [0.4, 0.5) is 11.4 Å². The second-order valence-corrected chi connectivity index (χ2v) is 6.09. The molecule has 0 bridgehead atoms. The Hall–Kier alpha value is -1.03. The van der Waals surface area contributed by atoms with Crippen LogP contribution in [0, 0.1) is 13.8 Å². The third-order valence-electron chi connectivity index (χ3n) is 2.78. The molecule has 0 atom stereocenters. The molecule has 2 aromatic carbocycles. The van der Waals surface area contributed by atoms with E-state index in [0.29, 0.717) is 15.7 Å². The van der Waals surface area contributed by atoms with E-state index in [1.165, 1.54) is 5.56 Å². The summed E-state index contributed by atoms with van der Waals surface area (Å²) >= 11 is 13.6. The Morgan fingerprint density at radius 3 is 2.30 bits per heavy atom. The first-order chi connectivity index (χ1) is 9.51. The van der Waals surface area contributed by atoms with Gasteiger partial charge in [-0.1, -0.05) is 29.3 Å². The molecule has 2 aromatic rings. The number of nitrogens with zero attached hydrogens (tertiary/aromatic N) is 2. The van der Waals surface area contributed by atoms with Crippen molar-refractivity contribution in [2.45, 2.75) is 18.7 Å². The fourth-order valence-electron chi connectivity index (χ4n) is 1.94. The number of benzene rings is 2. The van der Waals surface area contributed by atoms with E-state index in [1.807, 2.05) is 19.2 Å². The lowest BCUT2D eigenvalue weighted by Gasteiger charge is -2.07. The van der Waals surface area contributed by atoms with Crippen molar-refractivity contribution in [3.8, 4) is 0 Å². The van der Waals surface area contributed by atoms with Crippen LogP contribution in [0.5, 0.6) is 0 Å². The first kappa shape index (κ1) is 15.4. The SMILES string of the molecule is CSc1c(C)cc(C)cc1N=Nc1ccc(Cl)cc1Cl. The van der Waals surface area contributed by atoms with Crippen molar-refractivity contribution in [3.05, 3.63) is 51.5 Å². The fraction of sp³-hybridized carbons (Fsp3) is 0.200. The van der Waals surface area contributed by atoms with Crippen LogP contribution in [-0.4, -0.2) is 6.26 Å². The van der Waals surface area contributed by atoms with E-state index in [0.717, 1.165) is 16.1 Å². The van der Waals surface area contributed by atoms with Gasteiger partial charge in [0.25, 0.3) is 0 Å². The third kappa shape index (κ3) is 3.54. The van der Waals surface area contributed by atoms with Gasteiger partial charge in [-0.25, -0.2) is 0 Å². The van der Waals surface area contributed by atoms with Crippen molar-refractivity contribution in [1.29, 1.82) is 0 Å². The zero-order valence-electron chi connectivity index (χ0n) is 11.4. The van der Waals surface area contributed by atoms with Gasteiger partial charge >= 0.3 is 0 Å². The standard InChI is InChI=1S/C15H14Cl2N2S/c1-9-6-10(2)15(20-3)14(7-9)19-18-13-5-4-11(16)8-12(13)17/h4-8H,1-3H3. The predicted octanol–water partition coefficient (Wildman–Crippen LogP) is 6.75. The minimum Gasteiger partial charge on any atom is -0.149 e. The normalized spacial score (nSPS) is 11.2. The smallest absolute Gasteiger partial charge is 0.104 e. The summed E-state index contributed by atoms with van der Waals surface area (Å²) in [6, 6.07) is 9.33. The fourth-order valence-corrected chi connectivity index (χ4v) is 3.08. The molecule has 0 N–H and O–H groups in total.